The van der Waals surface area contributed by atoms with Crippen molar-refractivity contribution in [1.82, 2.24) is 0 Å². The zero-order valence-electron chi connectivity index (χ0n) is 15.9. The number of anilines is 1. The molecule has 1 saturated carbocycles. The van der Waals surface area contributed by atoms with E-state index in [1.165, 1.54) is 11.3 Å². The van der Waals surface area contributed by atoms with E-state index in [2.05, 4.69) is 16.3 Å². The molecule has 1 aromatic rings. The second-order valence-electron chi connectivity index (χ2n) is 8.15. The van der Waals surface area contributed by atoms with Gasteiger partial charge in [-0.25, -0.2) is 0 Å². The van der Waals surface area contributed by atoms with Gasteiger partial charge in [0.25, 0.3) is 5.69 Å². The number of hydrogen-bond donors (Lipinski definition) is 1. The standard InChI is InChI=1S/C20H25N5O3/c26-25(27)17-7-5-16(6-8-17)24-20(23-11-13-28-14-12-23)18(15-3-1-2-4-15)9-10-19(20)21-22-24/h3,5-8,18-19H,1-2,4,9-14H2/p+1/t18-,19+,20-/m1/s1. The average molecular weight is 384 g/mol. The van der Waals surface area contributed by atoms with Crippen LogP contribution in [0.3, 0.4) is 0 Å². The van der Waals surface area contributed by atoms with Crippen LogP contribution in [-0.4, -0.2) is 42.9 Å². The van der Waals surface area contributed by atoms with Crippen LogP contribution in [0.15, 0.2) is 46.3 Å². The summed E-state index contributed by atoms with van der Waals surface area (Å²) in [7, 11) is 0. The van der Waals surface area contributed by atoms with Crippen molar-refractivity contribution in [1.29, 1.82) is 0 Å². The zero-order chi connectivity index (χ0) is 19.1. The molecule has 148 valence electrons. The molecule has 2 heterocycles. The van der Waals surface area contributed by atoms with Crippen molar-refractivity contribution in [2.75, 3.05) is 31.3 Å². The molecule has 2 aliphatic carbocycles. The molecule has 0 radical (unpaired) electrons. The van der Waals surface area contributed by atoms with Crippen molar-refractivity contribution < 1.29 is 14.6 Å². The molecule has 2 fully saturated rings. The van der Waals surface area contributed by atoms with Crippen molar-refractivity contribution in [2.24, 2.45) is 16.3 Å². The Bertz CT molecular complexity index is 818. The lowest BCUT2D eigenvalue weighted by molar-refractivity contribution is -0.961. The molecule has 1 N–H and O–H groups in total. The summed E-state index contributed by atoms with van der Waals surface area (Å²) < 4.78 is 5.66. The highest BCUT2D eigenvalue weighted by Crippen LogP contribution is 2.49. The van der Waals surface area contributed by atoms with E-state index >= 15 is 0 Å². The molecule has 8 heteroatoms. The number of nitrogens with one attached hydrogen (secondary N) is 1. The second kappa shape index (κ2) is 6.93. The summed E-state index contributed by atoms with van der Waals surface area (Å²) in [6, 6.07) is 6.93. The van der Waals surface area contributed by atoms with Gasteiger partial charge in [0.15, 0.2) is 0 Å². The van der Waals surface area contributed by atoms with Gasteiger partial charge in [0.1, 0.15) is 19.1 Å². The summed E-state index contributed by atoms with van der Waals surface area (Å²) >= 11 is 0. The first-order valence-corrected chi connectivity index (χ1v) is 10.3. The van der Waals surface area contributed by atoms with E-state index < -0.39 is 0 Å². The van der Waals surface area contributed by atoms with Crippen molar-refractivity contribution >= 4 is 11.4 Å². The summed E-state index contributed by atoms with van der Waals surface area (Å²) in [6.45, 7) is 3.39. The predicted octanol–water partition coefficient (Wildman–Crippen LogP) is 2.28. The Morgan fingerprint density at radius 1 is 1.21 bits per heavy atom. The predicted molar refractivity (Wildman–Crippen MR) is 103 cm³/mol. The molecule has 1 aromatic carbocycles. The maximum Gasteiger partial charge on any atom is 0.269 e. The fourth-order valence-electron chi connectivity index (χ4n) is 5.73. The minimum Gasteiger partial charge on any atom is -0.370 e. The van der Waals surface area contributed by atoms with E-state index in [1.54, 1.807) is 17.7 Å². The molecule has 0 unspecified atom stereocenters. The Labute approximate surface area is 164 Å². The lowest BCUT2D eigenvalue weighted by Crippen LogP contribution is -3.25. The van der Waals surface area contributed by atoms with Crippen LogP contribution in [0.1, 0.15) is 32.1 Å². The number of allylic oxidation sites excluding steroid dienone is 1. The number of nitro benzene ring substituents is 1. The zero-order valence-corrected chi connectivity index (χ0v) is 15.9. The number of quaternary nitrogens is 1. The lowest BCUT2D eigenvalue weighted by atomic mass is 9.84. The van der Waals surface area contributed by atoms with Crippen LogP contribution in [-0.2, 0) is 4.74 Å². The van der Waals surface area contributed by atoms with Crippen LogP contribution in [0.2, 0.25) is 0 Å². The molecule has 28 heavy (non-hydrogen) atoms. The third-order valence-electron chi connectivity index (χ3n) is 6.89. The SMILES string of the molecule is O=[N+]([O-])c1ccc(N2N=N[C@H]3CC[C@H](C4=CCCC4)[C@]32[NH+]2CCOCC2)cc1. The van der Waals surface area contributed by atoms with Crippen LogP contribution in [0.4, 0.5) is 11.4 Å². The van der Waals surface area contributed by atoms with Gasteiger partial charge >= 0.3 is 0 Å². The minimum atomic E-state index is -0.358. The molecule has 0 bridgehead atoms. The molecule has 0 aromatic heterocycles. The van der Waals surface area contributed by atoms with Crippen LogP contribution < -0.4 is 9.91 Å². The van der Waals surface area contributed by atoms with Gasteiger partial charge in [0, 0.05) is 12.1 Å². The molecule has 0 amide bonds. The van der Waals surface area contributed by atoms with Gasteiger partial charge in [-0.05, 0) is 44.2 Å². The Morgan fingerprint density at radius 2 is 2.00 bits per heavy atom. The van der Waals surface area contributed by atoms with Gasteiger partial charge in [-0.3, -0.25) is 10.1 Å². The maximum atomic E-state index is 11.1. The summed E-state index contributed by atoms with van der Waals surface area (Å²) in [6.07, 6.45) is 8.16. The van der Waals surface area contributed by atoms with E-state index in [4.69, 9.17) is 9.85 Å². The first-order valence-electron chi connectivity index (χ1n) is 10.3. The topological polar surface area (TPSA) is 84.8 Å². The number of fused-ring (bicyclic) bond motifs is 1. The van der Waals surface area contributed by atoms with E-state index in [1.807, 2.05) is 12.1 Å². The summed E-state index contributed by atoms with van der Waals surface area (Å²) in [5.74, 6) is 0.415. The summed E-state index contributed by atoms with van der Waals surface area (Å²) in [4.78, 5) is 12.2. The maximum absolute atomic E-state index is 11.1. The Kier molecular flexibility index (Phi) is 4.40. The molecule has 4 aliphatic rings. The van der Waals surface area contributed by atoms with Gasteiger partial charge < -0.3 is 9.64 Å². The monoisotopic (exact) mass is 384 g/mol. The highest BCUT2D eigenvalue weighted by atomic mass is 16.6. The third kappa shape index (κ3) is 2.58. The van der Waals surface area contributed by atoms with Crippen LogP contribution in [0.5, 0.6) is 0 Å². The number of nitro groups is 1. The van der Waals surface area contributed by atoms with Gasteiger partial charge in [0.2, 0.25) is 5.66 Å². The van der Waals surface area contributed by atoms with Gasteiger partial charge in [-0.1, -0.05) is 16.9 Å². The van der Waals surface area contributed by atoms with Gasteiger partial charge in [-0.15, -0.1) is 0 Å². The first-order chi connectivity index (χ1) is 13.7. The van der Waals surface area contributed by atoms with Crippen molar-refractivity contribution in [3.63, 3.8) is 0 Å². The smallest absolute Gasteiger partial charge is 0.269 e. The summed E-state index contributed by atoms with van der Waals surface area (Å²) in [5, 5.41) is 22.5. The number of benzene rings is 1. The fraction of sp³-hybridized carbons (Fsp3) is 0.600. The number of hydrogen-bond acceptors (Lipinski definition) is 6. The highest BCUT2D eigenvalue weighted by Gasteiger charge is 2.66. The van der Waals surface area contributed by atoms with E-state index in [0.717, 1.165) is 57.7 Å². The van der Waals surface area contributed by atoms with Crippen molar-refractivity contribution in [3.05, 3.63) is 46.0 Å². The Hall–Kier alpha value is -2.32. The van der Waals surface area contributed by atoms with Crippen LogP contribution in [0, 0.1) is 16.0 Å². The lowest BCUT2D eigenvalue weighted by Gasteiger charge is -2.47. The average Bonchev–Trinajstić information content (AvgIpc) is 3.44. The molecule has 3 atom stereocenters. The van der Waals surface area contributed by atoms with E-state index in [0.29, 0.717) is 5.92 Å². The van der Waals surface area contributed by atoms with E-state index in [-0.39, 0.29) is 22.3 Å². The highest BCUT2D eigenvalue weighted by molar-refractivity contribution is 5.53. The van der Waals surface area contributed by atoms with Gasteiger partial charge in [0.05, 0.1) is 29.7 Å². The largest absolute Gasteiger partial charge is 0.370 e. The number of morpholine rings is 1. The molecule has 1 saturated heterocycles. The number of non-ortho nitro benzene ring substituents is 1. The van der Waals surface area contributed by atoms with E-state index in [9.17, 15) is 10.1 Å². The molecular weight excluding hydrogens is 358 g/mol. The van der Waals surface area contributed by atoms with Crippen LogP contribution >= 0.6 is 0 Å². The summed E-state index contributed by atoms with van der Waals surface area (Å²) in [5.41, 5.74) is 2.31. The first kappa shape index (κ1) is 17.8. The number of ether oxygens (including phenoxy) is 1. The number of nitrogens with zero attached hydrogens (tertiary/aromatic N) is 4. The second-order valence-corrected chi connectivity index (χ2v) is 8.15. The molecular formula is C20H26N5O3+. The molecule has 8 nitrogen and oxygen atoms in total. The Morgan fingerprint density at radius 3 is 2.68 bits per heavy atom. The number of rotatable bonds is 4. The minimum absolute atomic E-state index is 0.102. The van der Waals surface area contributed by atoms with Crippen LogP contribution in [0.25, 0.3) is 0 Å². The quantitative estimate of drug-likeness (QED) is 0.490. The molecule has 0 spiro atoms. The molecule has 2 aliphatic heterocycles. The third-order valence-corrected chi connectivity index (χ3v) is 6.89. The Balaban J connectivity index is 1.58. The molecule has 5 rings (SSSR count). The normalized spacial score (nSPS) is 32.6. The van der Waals surface area contributed by atoms with Crippen molar-refractivity contribution in [2.45, 2.75) is 43.8 Å². The fourth-order valence-corrected chi connectivity index (χ4v) is 5.73. The van der Waals surface area contributed by atoms with Gasteiger partial charge in [-0.2, -0.15) is 10.1 Å². The van der Waals surface area contributed by atoms with Crippen molar-refractivity contribution in [3.8, 4) is 0 Å².